The van der Waals surface area contributed by atoms with E-state index in [1.807, 2.05) is 71.9 Å². The fraction of sp³-hybridized carbons (Fsp3) is 0.657. The van der Waals surface area contributed by atoms with Crippen molar-refractivity contribution in [1.29, 1.82) is 0 Å². The summed E-state index contributed by atoms with van der Waals surface area (Å²) in [5, 5.41) is 5.66. The molecule has 5 amide bonds. The second-order valence-electron chi connectivity index (χ2n) is 13.9. The Kier molecular flexibility index (Phi) is 13.4. The highest BCUT2D eigenvalue weighted by atomic mass is 16.6. The van der Waals surface area contributed by atoms with Gasteiger partial charge in [0.25, 0.3) is 5.91 Å². The van der Waals surface area contributed by atoms with Crippen molar-refractivity contribution in [1.82, 2.24) is 25.3 Å². The number of rotatable bonds is 6. The molecule has 0 saturated carbocycles. The van der Waals surface area contributed by atoms with Crippen LogP contribution in [-0.2, 0) is 39.9 Å². The molecule has 12 heteroatoms. The van der Waals surface area contributed by atoms with Crippen molar-refractivity contribution in [3.8, 4) is 0 Å². The minimum atomic E-state index is -1.16. The number of esters is 1. The quantitative estimate of drug-likeness (QED) is 0.447. The molecular formula is C35H53N5O7. The summed E-state index contributed by atoms with van der Waals surface area (Å²) in [7, 11) is 3.04. The van der Waals surface area contributed by atoms with Crippen LogP contribution in [0.5, 0.6) is 0 Å². The molecule has 2 aliphatic rings. The van der Waals surface area contributed by atoms with Crippen LogP contribution in [0.2, 0.25) is 0 Å². The molecule has 2 aliphatic heterocycles. The molecule has 3 rings (SSSR count). The number of fused-ring (bicyclic) bond motifs is 1. The molecular weight excluding hydrogens is 602 g/mol. The standard InChI is InChI=1S/C35H53N5O7/c1-21(2)19-27-33(44)39(8)30(23(5)6)34(45)38(7)29(22(3)4)32(43)37-25(20-24-13-10-9-11-14-24)31(42)36-17-16-28(41)40-18-12-15-26(40)35(46)47-27/h9-11,13-14,21-23,25-27,29-30H,12,15-20H2,1-8H3,(H,36,42)(H,37,43)/t25-,26-,27-,29-,30+/m1/s1. The third-order valence-corrected chi connectivity index (χ3v) is 8.93. The van der Waals surface area contributed by atoms with Gasteiger partial charge in [-0.2, -0.15) is 0 Å². The maximum atomic E-state index is 14.2. The van der Waals surface area contributed by atoms with E-state index in [0.717, 1.165) is 5.56 Å². The molecule has 2 fully saturated rings. The van der Waals surface area contributed by atoms with Crippen LogP contribution < -0.4 is 10.6 Å². The van der Waals surface area contributed by atoms with Crippen molar-refractivity contribution in [2.45, 2.75) is 104 Å². The number of ether oxygens (including phenoxy) is 1. The van der Waals surface area contributed by atoms with E-state index in [1.54, 1.807) is 0 Å². The number of amides is 5. The smallest absolute Gasteiger partial charge is 0.329 e. The van der Waals surface area contributed by atoms with Gasteiger partial charge in [0.15, 0.2) is 6.10 Å². The lowest BCUT2D eigenvalue weighted by molar-refractivity contribution is -0.168. The summed E-state index contributed by atoms with van der Waals surface area (Å²) < 4.78 is 5.84. The molecule has 0 radical (unpaired) electrons. The zero-order chi connectivity index (χ0) is 35.0. The summed E-state index contributed by atoms with van der Waals surface area (Å²) in [6.07, 6.45) is 0.205. The first kappa shape index (κ1) is 37.5. The number of hydrogen-bond acceptors (Lipinski definition) is 7. The maximum absolute atomic E-state index is 14.2. The van der Waals surface area contributed by atoms with E-state index < -0.39 is 59.9 Å². The molecule has 12 nitrogen and oxygen atoms in total. The number of cyclic esters (lactones) is 1. The molecule has 0 aliphatic carbocycles. The van der Waals surface area contributed by atoms with Gasteiger partial charge in [0, 0.05) is 40.0 Å². The summed E-state index contributed by atoms with van der Waals surface area (Å²) in [6, 6.07) is 5.49. The molecule has 0 unspecified atom stereocenters. The van der Waals surface area contributed by atoms with Crippen LogP contribution in [0, 0.1) is 17.8 Å². The molecule has 2 heterocycles. The Bertz CT molecular complexity index is 1280. The van der Waals surface area contributed by atoms with E-state index in [-0.39, 0.29) is 49.5 Å². The molecule has 2 N–H and O–H groups in total. The van der Waals surface area contributed by atoms with Gasteiger partial charge in [-0.3, -0.25) is 24.0 Å². The van der Waals surface area contributed by atoms with Crippen LogP contribution in [0.15, 0.2) is 30.3 Å². The van der Waals surface area contributed by atoms with E-state index in [1.165, 1.54) is 28.8 Å². The topological polar surface area (TPSA) is 145 Å². The number of hydrogen-bond donors (Lipinski definition) is 2. The Labute approximate surface area is 278 Å². The Hall–Kier alpha value is -3.96. The fourth-order valence-corrected chi connectivity index (χ4v) is 6.57. The monoisotopic (exact) mass is 655 g/mol. The largest absolute Gasteiger partial charge is 0.451 e. The molecule has 47 heavy (non-hydrogen) atoms. The van der Waals surface area contributed by atoms with Crippen molar-refractivity contribution in [3.05, 3.63) is 35.9 Å². The number of likely N-dealkylation sites (N-methyl/N-ethyl adjacent to an activating group) is 2. The lowest BCUT2D eigenvalue weighted by Crippen LogP contribution is -2.60. The van der Waals surface area contributed by atoms with Gasteiger partial charge in [0.05, 0.1) is 0 Å². The highest BCUT2D eigenvalue weighted by Gasteiger charge is 2.42. The average molecular weight is 656 g/mol. The van der Waals surface area contributed by atoms with Crippen LogP contribution in [0.25, 0.3) is 0 Å². The molecule has 5 atom stereocenters. The van der Waals surface area contributed by atoms with Gasteiger partial charge in [-0.05, 0) is 42.6 Å². The molecule has 1 aromatic carbocycles. The predicted octanol–water partition coefficient (Wildman–Crippen LogP) is 2.15. The van der Waals surface area contributed by atoms with Crippen molar-refractivity contribution < 1.29 is 33.5 Å². The Morgan fingerprint density at radius 3 is 2.04 bits per heavy atom. The van der Waals surface area contributed by atoms with Crippen LogP contribution in [-0.4, -0.2) is 108 Å². The number of carbonyl (C=O) groups excluding carboxylic acids is 6. The Morgan fingerprint density at radius 1 is 0.830 bits per heavy atom. The summed E-state index contributed by atoms with van der Waals surface area (Å²) in [4.78, 5) is 86.5. The summed E-state index contributed by atoms with van der Waals surface area (Å²) in [5.74, 6) is -3.63. The number of carbonyl (C=O) groups is 6. The minimum absolute atomic E-state index is 0.00157. The highest BCUT2D eigenvalue weighted by Crippen LogP contribution is 2.24. The van der Waals surface area contributed by atoms with Crippen molar-refractivity contribution in [3.63, 3.8) is 0 Å². The highest BCUT2D eigenvalue weighted by molar-refractivity contribution is 5.95. The molecule has 260 valence electrons. The molecule has 1 aromatic rings. The summed E-state index contributed by atoms with van der Waals surface area (Å²) >= 11 is 0. The Balaban J connectivity index is 2.05. The molecule has 0 aromatic heterocycles. The first-order valence-corrected chi connectivity index (χ1v) is 16.8. The van der Waals surface area contributed by atoms with E-state index in [2.05, 4.69) is 10.6 Å². The van der Waals surface area contributed by atoms with Crippen LogP contribution >= 0.6 is 0 Å². The zero-order valence-corrected chi connectivity index (χ0v) is 29.2. The van der Waals surface area contributed by atoms with E-state index >= 15 is 0 Å². The Morgan fingerprint density at radius 2 is 1.45 bits per heavy atom. The van der Waals surface area contributed by atoms with Crippen LogP contribution in [0.4, 0.5) is 0 Å². The van der Waals surface area contributed by atoms with Crippen molar-refractivity contribution in [2.24, 2.45) is 17.8 Å². The molecule has 0 bridgehead atoms. The SMILES string of the molecule is CC(C)C[C@H]1OC(=O)[C@H]2CCCN2C(=O)CCNC(=O)[C@@H](Cc2ccccc2)NC(=O)[C@@H](C(C)C)N(C)C(=O)[C@H](C(C)C)N(C)C1=O. The van der Waals surface area contributed by atoms with Gasteiger partial charge in [0.1, 0.15) is 24.2 Å². The molecule has 0 spiro atoms. The molecule has 2 saturated heterocycles. The first-order chi connectivity index (χ1) is 22.1. The van der Waals surface area contributed by atoms with Crippen molar-refractivity contribution >= 4 is 35.5 Å². The van der Waals surface area contributed by atoms with E-state index in [9.17, 15) is 28.8 Å². The third-order valence-electron chi connectivity index (χ3n) is 8.93. The summed E-state index contributed by atoms with van der Waals surface area (Å²) in [5.41, 5.74) is 0.822. The third kappa shape index (κ3) is 9.54. The number of nitrogens with zero attached hydrogens (tertiary/aromatic N) is 3. The van der Waals surface area contributed by atoms with Crippen LogP contribution in [0.1, 0.15) is 72.8 Å². The second-order valence-corrected chi connectivity index (χ2v) is 13.9. The van der Waals surface area contributed by atoms with E-state index in [0.29, 0.717) is 19.4 Å². The van der Waals surface area contributed by atoms with E-state index in [4.69, 9.17) is 4.74 Å². The van der Waals surface area contributed by atoms with Crippen LogP contribution in [0.3, 0.4) is 0 Å². The van der Waals surface area contributed by atoms with Crippen molar-refractivity contribution in [2.75, 3.05) is 27.2 Å². The lowest BCUT2D eigenvalue weighted by Gasteiger charge is -2.38. The maximum Gasteiger partial charge on any atom is 0.329 e. The predicted molar refractivity (Wildman–Crippen MR) is 177 cm³/mol. The fourth-order valence-electron chi connectivity index (χ4n) is 6.57. The second kappa shape index (κ2) is 16.7. The minimum Gasteiger partial charge on any atom is -0.451 e. The van der Waals surface area contributed by atoms with Gasteiger partial charge in [-0.15, -0.1) is 0 Å². The number of benzene rings is 1. The van der Waals surface area contributed by atoms with Gasteiger partial charge < -0.3 is 30.1 Å². The van der Waals surface area contributed by atoms with Gasteiger partial charge in [0.2, 0.25) is 23.6 Å². The van der Waals surface area contributed by atoms with Gasteiger partial charge in [-0.25, -0.2) is 4.79 Å². The summed E-state index contributed by atoms with van der Waals surface area (Å²) in [6.45, 7) is 11.4. The number of nitrogens with one attached hydrogen (secondary N) is 2. The lowest BCUT2D eigenvalue weighted by atomic mass is 9.95. The normalized spacial score (nSPS) is 26.2. The average Bonchev–Trinajstić information content (AvgIpc) is 3.50. The van der Waals surface area contributed by atoms with Gasteiger partial charge in [-0.1, -0.05) is 71.9 Å². The first-order valence-electron chi connectivity index (χ1n) is 16.8. The van der Waals surface area contributed by atoms with Gasteiger partial charge >= 0.3 is 5.97 Å². The zero-order valence-electron chi connectivity index (χ0n) is 29.2.